The SMILES string of the molecule is Cc1c(Br)ccc(F)c1C(C)O. The fourth-order valence-corrected chi connectivity index (χ4v) is 1.53. The molecule has 1 rings (SSSR count). The molecule has 12 heavy (non-hydrogen) atoms. The lowest BCUT2D eigenvalue weighted by molar-refractivity contribution is 0.193. The molecule has 1 aromatic carbocycles. The summed E-state index contributed by atoms with van der Waals surface area (Å²) >= 11 is 3.27. The predicted molar refractivity (Wildman–Crippen MR) is 49.5 cm³/mol. The topological polar surface area (TPSA) is 20.2 Å². The average molecular weight is 233 g/mol. The van der Waals surface area contributed by atoms with Crippen molar-refractivity contribution in [2.24, 2.45) is 0 Å². The quantitative estimate of drug-likeness (QED) is 0.790. The van der Waals surface area contributed by atoms with Crippen molar-refractivity contribution >= 4 is 15.9 Å². The lowest BCUT2D eigenvalue weighted by atomic mass is 10.0. The third-order valence-electron chi connectivity index (χ3n) is 1.81. The maximum atomic E-state index is 13.1. The lowest BCUT2D eigenvalue weighted by Gasteiger charge is -2.11. The van der Waals surface area contributed by atoms with Crippen molar-refractivity contribution < 1.29 is 9.50 Å². The fourth-order valence-electron chi connectivity index (χ4n) is 1.18. The fraction of sp³-hybridized carbons (Fsp3) is 0.333. The van der Waals surface area contributed by atoms with Gasteiger partial charge >= 0.3 is 0 Å². The van der Waals surface area contributed by atoms with E-state index in [1.54, 1.807) is 19.9 Å². The van der Waals surface area contributed by atoms with E-state index in [0.717, 1.165) is 10.0 Å². The molecular weight excluding hydrogens is 223 g/mol. The molecule has 0 saturated heterocycles. The zero-order valence-electron chi connectivity index (χ0n) is 6.94. The van der Waals surface area contributed by atoms with E-state index in [1.807, 2.05) is 0 Å². The van der Waals surface area contributed by atoms with Crippen LogP contribution in [0.2, 0.25) is 0 Å². The molecule has 1 unspecified atom stereocenters. The van der Waals surface area contributed by atoms with Gasteiger partial charge in [-0.2, -0.15) is 0 Å². The number of aliphatic hydroxyl groups is 1. The van der Waals surface area contributed by atoms with Crippen LogP contribution in [0.15, 0.2) is 16.6 Å². The highest BCUT2D eigenvalue weighted by Gasteiger charge is 2.12. The average Bonchev–Trinajstić information content (AvgIpc) is 1.97. The van der Waals surface area contributed by atoms with Gasteiger partial charge in [-0.3, -0.25) is 0 Å². The summed E-state index contributed by atoms with van der Waals surface area (Å²) < 4.78 is 13.9. The zero-order chi connectivity index (χ0) is 9.30. The first-order valence-electron chi connectivity index (χ1n) is 3.66. The molecule has 1 N–H and O–H groups in total. The molecule has 0 fully saturated rings. The summed E-state index contributed by atoms with van der Waals surface area (Å²) in [6.07, 6.45) is -0.762. The van der Waals surface area contributed by atoms with Gasteiger partial charge in [-0.05, 0) is 31.5 Å². The summed E-state index contributed by atoms with van der Waals surface area (Å²) in [6.45, 7) is 3.33. The predicted octanol–water partition coefficient (Wildman–Crippen LogP) is 2.95. The molecule has 3 heteroatoms. The first kappa shape index (κ1) is 9.68. The van der Waals surface area contributed by atoms with Gasteiger partial charge in [-0.15, -0.1) is 0 Å². The second-order valence-corrected chi connectivity index (χ2v) is 3.60. The smallest absolute Gasteiger partial charge is 0.129 e. The maximum absolute atomic E-state index is 13.1. The van der Waals surface area contributed by atoms with Crippen molar-refractivity contribution in [3.63, 3.8) is 0 Å². The monoisotopic (exact) mass is 232 g/mol. The van der Waals surface area contributed by atoms with Crippen LogP contribution in [0.1, 0.15) is 24.2 Å². The Bertz CT molecular complexity index is 297. The van der Waals surface area contributed by atoms with E-state index in [2.05, 4.69) is 15.9 Å². The Kier molecular flexibility index (Phi) is 2.85. The van der Waals surface area contributed by atoms with Gasteiger partial charge in [-0.1, -0.05) is 15.9 Å². The van der Waals surface area contributed by atoms with Gasteiger partial charge in [0.25, 0.3) is 0 Å². The summed E-state index contributed by atoms with van der Waals surface area (Å²) in [5.74, 6) is -0.356. The highest BCUT2D eigenvalue weighted by Crippen LogP contribution is 2.26. The Hall–Kier alpha value is -0.410. The molecule has 0 aliphatic carbocycles. The second-order valence-electron chi connectivity index (χ2n) is 2.74. The van der Waals surface area contributed by atoms with Crippen molar-refractivity contribution in [3.05, 3.63) is 33.5 Å². The third-order valence-corrected chi connectivity index (χ3v) is 2.67. The first-order chi connectivity index (χ1) is 5.54. The Morgan fingerprint density at radius 3 is 2.50 bits per heavy atom. The van der Waals surface area contributed by atoms with Gasteiger partial charge in [0, 0.05) is 10.0 Å². The molecule has 0 saturated carbocycles. The molecule has 1 atom stereocenters. The zero-order valence-corrected chi connectivity index (χ0v) is 8.52. The van der Waals surface area contributed by atoms with Crippen LogP contribution in [0.25, 0.3) is 0 Å². The second kappa shape index (κ2) is 3.54. The number of halogens is 2. The molecule has 1 aromatic rings. The molecule has 0 heterocycles. The minimum atomic E-state index is -0.762. The van der Waals surface area contributed by atoms with Gasteiger partial charge < -0.3 is 5.11 Å². The van der Waals surface area contributed by atoms with E-state index in [-0.39, 0.29) is 5.82 Å². The van der Waals surface area contributed by atoms with E-state index < -0.39 is 6.10 Å². The van der Waals surface area contributed by atoms with E-state index in [0.29, 0.717) is 5.56 Å². The molecule has 0 bridgehead atoms. The summed E-state index contributed by atoms with van der Waals surface area (Å²) in [5.41, 5.74) is 1.12. The standard InChI is InChI=1S/C9H10BrFO/c1-5-7(10)3-4-8(11)9(5)6(2)12/h3-4,6,12H,1-2H3. The third kappa shape index (κ3) is 1.67. The highest BCUT2D eigenvalue weighted by atomic mass is 79.9. The van der Waals surface area contributed by atoms with E-state index in [4.69, 9.17) is 0 Å². The summed E-state index contributed by atoms with van der Waals surface area (Å²) in [4.78, 5) is 0. The first-order valence-corrected chi connectivity index (χ1v) is 4.46. The van der Waals surface area contributed by atoms with Crippen molar-refractivity contribution in [1.29, 1.82) is 0 Å². The minimum Gasteiger partial charge on any atom is -0.389 e. The Balaban J connectivity index is 3.33. The molecule has 1 nitrogen and oxygen atoms in total. The number of hydrogen-bond acceptors (Lipinski definition) is 1. The Morgan fingerprint density at radius 1 is 1.50 bits per heavy atom. The molecular formula is C9H10BrFO. The minimum absolute atomic E-state index is 0.356. The van der Waals surface area contributed by atoms with Crippen LogP contribution in [0.4, 0.5) is 4.39 Å². The van der Waals surface area contributed by atoms with Crippen LogP contribution in [0, 0.1) is 12.7 Å². The largest absolute Gasteiger partial charge is 0.389 e. The van der Waals surface area contributed by atoms with E-state index in [9.17, 15) is 9.50 Å². The number of hydrogen-bond donors (Lipinski definition) is 1. The van der Waals surface area contributed by atoms with Crippen molar-refractivity contribution in [3.8, 4) is 0 Å². The summed E-state index contributed by atoms with van der Waals surface area (Å²) in [6, 6.07) is 2.98. The van der Waals surface area contributed by atoms with Crippen LogP contribution in [0.3, 0.4) is 0 Å². The summed E-state index contributed by atoms with van der Waals surface area (Å²) in [7, 11) is 0. The van der Waals surface area contributed by atoms with Gasteiger partial charge in [0.05, 0.1) is 6.10 Å². The number of benzene rings is 1. The normalized spacial score (nSPS) is 13.1. The molecule has 0 aliphatic rings. The van der Waals surface area contributed by atoms with Crippen molar-refractivity contribution in [1.82, 2.24) is 0 Å². The van der Waals surface area contributed by atoms with E-state index in [1.165, 1.54) is 6.07 Å². The van der Waals surface area contributed by atoms with Crippen molar-refractivity contribution in [2.75, 3.05) is 0 Å². The number of rotatable bonds is 1. The van der Waals surface area contributed by atoms with Crippen LogP contribution in [-0.4, -0.2) is 5.11 Å². The molecule has 0 aromatic heterocycles. The van der Waals surface area contributed by atoms with Gasteiger partial charge in [0.15, 0.2) is 0 Å². The maximum Gasteiger partial charge on any atom is 0.129 e. The van der Waals surface area contributed by atoms with E-state index >= 15 is 0 Å². The Morgan fingerprint density at radius 2 is 2.08 bits per heavy atom. The van der Waals surface area contributed by atoms with Gasteiger partial charge in [0.1, 0.15) is 5.82 Å². The Labute approximate surface area is 79.4 Å². The molecule has 66 valence electrons. The van der Waals surface area contributed by atoms with Crippen LogP contribution in [-0.2, 0) is 0 Å². The highest BCUT2D eigenvalue weighted by molar-refractivity contribution is 9.10. The van der Waals surface area contributed by atoms with Crippen LogP contribution >= 0.6 is 15.9 Å². The molecule has 0 spiro atoms. The molecule has 0 radical (unpaired) electrons. The molecule has 0 aliphatic heterocycles. The van der Waals surface area contributed by atoms with Crippen LogP contribution < -0.4 is 0 Å². The van der Waals surface area contributed by atoms with Crippen LogP contribution in [0.5, 0.6) is 0 Å². The molecule has 0 amide bonds. The summed E-state index contributed by atoms with van der Waals surface area (Å²) in [5, 5.41) is 9.25. The van der Waals surface area contributed by atoms with Gasteiger partial charge in [0.2, 0.25) is 0 Å². The van der Waals surface area contributed by atoms with Gasteiger partial charge in [-0.25, -0.2) is 4.39 Å². The lowest BCUT2D eigenvalue weighted by Crippen LogP contribution is -1.99. The number of aliphatic hydroxyl groups excluding tert-OH is 1. The van der Waals surface area contributed by atoms with Crippen molar-refractivity contribution in [2.45, 2.75) is 20.0 Å².